The van der Waals surface area contributed by atoms with E-state index >= 15 is 0 Å². The first-order valence-corrected chi connectivity index (χ1v) is 5.52. The number of carbonyl (C=O) groups is 1. The summed E-state index contributed by atoms with van der Waals surface area (Å²) in [7, 11) is 0. The van der Waals surface area contributed by atoms with Crippen molar-refractivity contribution < 1.29 is 9.53 Å². The van der Waals surface area contributed by atoms with Crippen LogP contribution in [0.25, 0.3) is 0 Å². The molecule has 0 saturated carbocycles. The van der Waals surface area contributed by atoms with Crippen LogP contribution >= 0.6 is 0 Å². The molecule has 14 heavy (non-hydrogen) atoms. The fourth-order valence-corrected chi connectivity index (χ4v) is 2.06. The third-order valence-corrected chi connectivity index (χ3v) is 3.05. The van der Waals surface area contributed by atoms with E-state index in [1.165, 1.54) is 5.57 Å². The fraction of sp³-hybridized carbons (Fsp3) is 0.750. The highest BCUT2D eigenvalue weighted by molar-refractivity contribution is 5.73. The quantitative estimate of drug-likeness (QED) is 0.512. The van der Waals surface area contributed by atoms with Gasteiger partial charge in [0.2, 0.25) is 0 Å². The average Bonchev–Trinajstić information content (AvgIpc) is 2.19. The summed E-state index contributed by atoms with van der Waals surface area (Å²) >= 11 is 0. The molecular weight excluding hydrogens is 176 g/mol. The van der Waals surface area contributed by atoms with Crippen molar-refractivity contribution in [1.82, 2.24) is 0 Å². The molecule has 0 amide bonds. The molecule has 0 bridgehead atoms. The molecule has 0 aliphatic heterocycles. The van der Waals surface area contributed by atoms with Crippen molar-refractivity contribution in [3.05, 3.63) is 11.6 Å². The summed E-state index contributed by atoms with van der Waals surface area (Å²) in [5.74, 6) is 0.663. The molecule has 0 heterocycles. The van der Waals surface area contributed by atoms with E-state index in [0.29, 0.717) is 12.5 Å². The van der Waals surface area contributed by atoms with Gasteiger partial charge in [0, 0.05) is 0 Å². The Morgan fingerprint density at radius 2 is 2.29 bits per heavy atom. The van der Waals surface area contributed by atoms with Crippen LogP contribution in [-0.2, 0) is 9.53 Å². The average molecular weight is 196 g/mol. The number of ether oxygens (including phenoxy) is 1. The van der Waals surface area contributed by atoms with Crippen LogP contribution in [0.1, 0.15) is 40.0 Å². The van der Waals surface area contributed by atoms with Crippen molar-refractivity contribution in [1.29, 1.82) is 0 Å². The summed E-state index contributed by atoms with van der Waals surface area (Å²) in [4.78, 5) is 11.5. The van der Waals surface area contributed by atoms with E-state index in [4.69, 9.17) is 4.74 Å². The van der Waals surface area contributed by atoms with Gasteiger partial charge < -0.3 is 4.74 Å². The molecule has 0 fully saturated rings. The molecule has 1 rings (SSSR count). The number of allylic oxidation sites excluding steroid dienone is 2. The molecule has 0 saturated heterocycles. The summed E-state index contributed by atoms with van der Waals surface area (Å²) in [6.07, 6.45) is 5.15. The van der Waals surface area contributed by atoms with Crippen molar-refractivity contribution >= 4 is 5.97 Å². The largest absolute Gasteiger partial charge is 0.466 e. The van der Waals surface area contributed by atoms with Crippen LogP contribution in [-0.4, -0.2) is 12.6 Å². The zero-order valence-corrected chi connectivity index (χ0v) is 9.38. The van der Waals surface area contributed by atoms with Crippen LogP contribution in [0.15, 0.2) is 11.6 Å². The molecule has 2 unspecified atom stereocenters. The lowest BCUT2D eigenvalue weighted by molar-refractivity contribution is -0.148. The van der Waals surface area contributed by atoms with Crippen LogP contribution in [0.4, 0.5) is 0 Å². The first-order valence-electron chi connectivity index (χ1n) is 5.52. The number of rotatable bonds is 3. The van der Waals surface area contributed by atoms with Gasteiger partial charge in [-0.15, -0.1) is 0 Å². The Balaban J connectivity index is 2.56. The van der Waals surface area contributed by atoms with E-state index in [1.54, 1.807) is 0 Å². The zero-order valence-electron chi connectivity index (χ0n) is 9.38. The number of esters is 1. The maximum atomic E-state index is 11.5. The molecular formula is C12H20O2. The Kier molecular flexibility index (Phi) is 4.18. The van der Waals surface area contributed by atoms with Crippen LogP contribution in [0.2, 0.25) is 0 Å². The summed E-state index contributed by atoms with van der Waals surface area (Å²) in [6, 6.07) is 0. The third-order valence-electron chi connectivity index (χ3n) is 3.05. The normalized spacial score (nSPS) is 26.9. The third kappa shape index (κ3) is 2.60. The van der Waals surface area contributed by atoms with Gasteiger partial charge in [0.15, 0.2) is 0 Å². The maximum absolute atomic E-state index is 11.5. The lowest BCUT2D eigenvalue weighted by Crippen LogP contribution is -2.23. The highest BCUT2D eigenvalue weighted by atomic mass is 16.5. The summed E-state index contributed by atoms with van der Waals surface area (Å²) in [6.45, 7) is 6.69. The highest BCUT2D eigenvalue weighted by Crippen LogP contribution is 2.31. The van der Waals surface area contributed by atoms with Gasteiger partial charge in [-0.1, -0.05) is 18.6 Å². The molecule has 0 aromatic carbocycles. The highest BCUT2D eigenvalue weighted by Gasteiger charge is 2.26. The van der Waals surface area contributed by atoms with Gasteiger partial charge in [0.25, 0.3) is 0 Å². The number of hydrogen-bond acceptors (Lipinski definition) is 2. The van der Waals surface area contributed by atoms with Gasteiger partial charge in [0.05, 0.1) is 12.5 Å². The van der Waals surface area contributed by atoms with Crippen LogP contribution in [0.3, 0.4) is 0 Å². The molecule has 2 heteroatoms. The van der Waals surface area contributed by atoms with E-state index in [2.05, 4.69) is 19.9 Å². The second kappa shape index (κ2) is 5.18. The Morgan fingerprint density at radius 3 is 2.86 bits per heavy atom. The van der Waals surface area contributed by atoms with Crippen LogP contribution < -0.4 is 0 Å². The SMILES string of the molecule is CCOC(=O)C1CC=C(C)C(CC)C1. The van der Waals surface area contributed by atoms with Crippen LogP contribution in [0.5, 0.6) is 0 Å². The van der Waals surface area contributed by atoms with E-state index in [9.17, 15) is 4.79 Å². The van der Waals surface area contributed by atoms with Gasteiger partial charge in [-0.2, -0.15) is 0 Å². The van der Waals surface area contributed by atoms with Gasteiger partial charge in [-0.3, -0.25) is 4.79 Å². The maximum Gasteiger partial charge on any atom is 0.309 e. The predicted molar refractivity (Wildman–Crippen MR) is 56.9 cm³/mol. The van der Waals surface area contributed by atoms with E-state index in [1.807, 2.05) is 6.92 Å². The first kappa shape index (κ1) is 11.3. The van der Waals surface area contributed by atoms with Crippen molar-refractivity contribution in [3.8, 4) is 0 Å². The molecule has 0 aromatic heterocycles. The topological polar surface area (TPSA) is 26.3 Å². The van der Waals surface area contributed by atoms with E-state index in [-0.39, 0.29) is 11.9 Å². The molecule has 0 aromatic rings. The lowest BCUT2D eigenvalue weighted by Gasteiger charge is -2.26. The van der Waals surface area contributed by atoms with Crippen LogP contribution in [0, 0.1) is 11.8 Å². The van der Waals surface area contributed by atoms with Gasteiger partial charge >= 0.3 is 5.97 Å². The Labute approximate surface area is 86.3 Å². The summed E-state index contributed by atoms with van der Waals surface area (Å²) in [5.41, 5.74) is 1.44. The number of hydrogen-bond donors (Lipinski definition) is 0. The van der Waals surface area contributed by atoms with E-state index < -0.39 is 0 Å². The van der Waals surface area contributed by atoms with Gasteiger partial charge in [-0.25, -0.2) is 0 Å². The number of carbonyl (C=O) groups excluding carboxylic acids is 1. The Morgan fingerprint density at radius 1 is 1.57 bits per heavy atom. The zero-order chi connectivity index (χ0) is 10.6. The molecule has 1 aliphatic carbocycles. The summed E-state index contributed by atoms with van der Waals surface area (Å²) in [5, 5.41) is 0. The van der Waals surface area contributed by atoms with Crippen molar-refractivity contribution in [2.24, 2.45) is 11.8 Å². The minimum absolute atomic E-state index is 0.0188. The molecule has 1 aliphatic rings. The van der Waals surface area contributed by atoms with Gasteiger partial charge in [0.1, 0.15) is 0 Å². The standard InChI is InChI=1S/C12H20O2/c1-4-10-8-11(7-6-9(10)3)12(13)14-5-2/h6,10-11H,4-5,7-8H2,1-3H3. The minimum Gasteiger partial charge on any atom is -0.466 e. The molecule has 0 radical (unpaired) electrons. The fourth-order valence-electron chi connectivity index (χ4n) is 2.06. The minimum atomic E-state index is -0.0188. The van der Waals surface area contributed by atoms with Crippen molar-refractivity contribution in [2.45, 2.75) is 40.0 Å². The Hall–Kier alpha value is -0.790. The monoisotopic (exact) mass is 196 g/mol. The Bertz CT molecular complexity index is 230. The first-order chi connectivity index (χ1) is 6.69. The summed E-state index contributed by atoms with van der Waals surface area (Å²) < 4.78 is 5.04. The molecule has 2 nitrogen and oxygen atoms in total. The smallest absolute Gasteiger partial charge is 0.309 e. The molecule has 80 valence electrons. The second-order valence-corrected chi connectivity index (χ2v) is 3.97. The van der Waals surface area contributed by atoms with E-state index in [0.717, 1.165) is 19.3 Å². The molecule has 2 atom stereocenters. The molecule has 0 N–H and O–H groups in total. The lowest BCUT2D eigenvalue weighted by atomic mass is 9.80. The van der Waals surface area contributed by atoms with Crippen molar-refractivity contribution in [2.75, 3.05) is 6.61 Å². The van der Waals surface area contributed by atoms with Crippen molar-refractivity contribution in [3.63, 3.8) is 0 Å². The van der Waals surface area contributed by atoms with Gasteiger partial charge in [-0.05, 0) is 39.0 Å². The molecule has 0 spiro atoms. The second-order valence-electron chi connectivity index (χ2n) is 3.97. The predicted octanol–water partition coefficient (Wildman–Crippen LogP) is 2.93.